The van der Waals surface area contributed by atoms with Crippen molar-refractivity contribution in [2.45, 2.75) is 19.4 Å². The molecule has 0 bridgehead atoms. The Morgan fingerprint density at radius 2 is 2.30 bits per heavy atom. The van der Waals surface area contributed by atoms with Gasteiger partial charge in [-0.3, -0.25) is 4.31 Å². The van der Waals surface area contributed by atoms with Gasteiger partial charge >= 0.3 is 0 Å². The van der Waals surface area contributed by atoms with E-state index in [1.54, 1.807) is 17.4 Å². The maximum absolute atomic E-state index is 12.0. The second-order valence-electron chi connectivity index (χ2n) is 5.66. The first-order valence-electron chi connectivity index (χ1n) is 7.33. The molecule has 3 rings (SSSR count). The molecular weight excluding hydrogens is 330 g/mol. The zero-order valence-electron chi connectivity index (χ0n) is 13.1. The predicted octanol–water partition coefficient (Wildman–Crippen LogP) is 3.12. The van der Waals surface area contributed by atoms with Crippen LogP contribution in [0, 0.1) is 0 Å². The van der Waals surface area contributed by atoms with Crippen LogP contribution in [-0.4, -0.2) is 32.2 Å². The Bertz CT molecular complexity index is 843. The monoisotopic (exact) mass is 349 g/mol. The van der Waals surface area contributed by atoms with Crippen molar-refractivity contribution in [2.24, 2.45) is 0 Å². The lowest BCUT2D eigenvalue weighted by Crippen LogP contribution is -2.34. The summed E-state index contributed by atoms with van der Waals surface area (Å²) < 4.78 is 25.4. The van der Waals surface area contributed by atoms with E-state index in [1.165, 1.54) is 10.6 Å². The first kappa shape index (κ1) is 16.0. The molecule has 1 N–H and O–H groups in total. The fourth-order valence-electron chi connectivity index (χ4n) is 2.91. The van der Waals surface area contributed by atoms with Crippen molar-refractivity contribution in [3.8, 4) is 11.3 Å². The second kappa shape index (κ2) is 5.98. The van der Waals surface area contributed by atoms with Crippen molar-refractivity contribution >= 4 is 32.2 Å². The van der Waals surface area contributed by atoms with E-state index in [4.69, 9.17) is 0 Å². The van der Waals surface area contributed by atoms with Gasteiger partial charge in [0.15, 0.2) is 5.13 Å². The van der Waals surface area contributed by atoms with Crippen molar-refractivity contribution < 1.29 is 8.42 Å². The highest BCUT2D eigenvalue weighted by Crippen LogP contribution is 2.37. The molecule has 0 amide bonds. The highest BCUT2D eigenvalue weighted by Gasteiger charge is 2.32. The van der Waals surface area contributed by atoms with Crippen LogP contribution in [0.25, 0.3) is 11.3 Å². The summed E-state index contributed by atoms with van der Waals surface area (Å²) in [4.78, 5) is 4.56. The summed E-state index contributed by atoms with van der Waals surface area (Å²) in [5.74, 6) is 0. The maximum Gasteiger partial charge on any atom is 0.232 e. The first-order valence-corrected chi connectivity index (χ1v) is 10.1. The zero-order chi connectivity index (χ0) is 16.6. The van der Waals surface area contributed by atoms with Gasteiger partial charge in [-0.2, -0.15) is 0 Å². The molecule has 0 unspecified atom stereocenters. The van der Waals surface area contributed by atoms with Gasteiger partial charge < -0.3 is 5.32 Å². The van der Waals surface area contributed by atoms with Crippen LogP contribution in [0.15, 0.2) is 36.2 Å². The standard InChI is InChI=1S/C16H19N3O2S2/c1-4-7-17-16-18-14(10-22-16)12-5-6-15-13(9-12)8-11(2)19(15)23(3,20)21/h4-6,9-11H,1,7-8H2,2-3H3,(H,17,18)/t11-/m0/s1. The third-order valence-electron chi connectivity index (χ3n) is 3.79. The van der Waals surface area contributed by atoms with Crippen LogP contribution in [0.4, 0.5) is 10.8 Å². The molecule has 0 aliphatic carbocycles. The molecule has 0 saturated heterocycles. The smallest absolute Gasteiger partial charge is 0.232 e. The maximum atomic E-state index is 12.0. The van der Waals surface area contributed by atoms with Gasteiger partial charge in [-0.1, -0.05) is 12.1 Å². The molecule has 23 heavy (non-hydrogen) atoms. The van der Waals surface area contributed by atoms with Crippen LogP contribution in [0.1, 0.15) is 12.5 Å². The third-order valence-corrected chi connectivity index (χ3v) is 5.86. The average molecular weight is 349 g/mol. The topological polar surface area (TPSA) is 62.3 Å². The Morgan fingerprint density at radius 1 is 1.52 bits per heavy atom. The first-order chi connectivity index (χ1) is 10.9. The van der Waals surface area contributed by atoms with Gasteiger partial charge in [-0.15, -0.1) is 17.9 Å². The molecule has 0 saturated carbocycles. The molecule has 1 atom stereocenters. The van der Waals surface area contributed by atoms with Gasteiger partial charge in [0.1, 0.15) is 0 Å². The molecule has 1 aromatic carbocycles. The van der Waals surface area contributed by atoms with Crippen LogP contribution in [-0.2, 0) is 16.4 Å². The van der Waals surface area contributed by atoms with E-state index in [2.05, 4.69) is 16.9 Å². The molecule has 7 heteroatoms. The fraction of sp³-hybridized carbons (Fsp3) is 0.312. The number of fused-ring (bicyclic) bond motifs is 1. The summed E-state index contributed by atoms with van der Waals surface area (Å²) in [5.41, 5.74) is 3.74. The predicted molar refractivity (Wildman–Crippen MR) is 96.7 cm³/mol. The van der Waals surface area contributed by atoms with Gasteiger partial charge in [0, 0.05) is 23.5 Å². The van der Waals surface area contributed by atoms with E-state index in [9.17, 15) is 8.42 Å². The number of nitrogens with one attached hydrogen (secondary N) is 1. The minimum absolute atomic E-state index is 0.0458. The minimum Gasteiger partial charge on any atom is -0.358 e. The van der Waals surface area contributed by atoms with E-state index in [0.29, 0.717) is 6.54 Å². The van der Waals surface area contributed by atoms with Crippen LogP contribution >= 0.6 is 11.3 Å². The Balaban J connectivity index is 1.92. The Kier molecular flexibility index (Phi) is 4.16. The molecule has 2 heterocycles. The lowest BCUT2D eigenvalue weighted by atomic mass is 10.1. The highest BCUT2D eigenvalue weighted by molar-refractivity contribution is 7.92. The normalized spacial score (nSPS) is 17.1. The number of hydrogen-bond donors (Lipinski definition) is 1. The molecule has 1 aromatic heterocycles. The molecule has 0 spiro atoms. The Labute approximate surface area is 140 Å². The molecule has 1 aliphatic heterocycles. The summed E-state index contributed by atoms with van der Waals surface area (Å²) in [5, 5.41) is 6.03. The van der Waals surface area contributed by atoms with E-state index in [0.717, 1.165) is 34.1 Å². The number of sulfonamides is 1. The van der Waals surface area contributed by atoms with E-state index in [1.807, 2.05) is 30.5 Å². The van der Waals surface area contributed by atoms with Gasteiger partial charge in [0.2, 0.25) is 10.0 Å². The summed E-state index contributed by atoms with van der Waals surface area (Å²) in [6, 6.07) is 5.81. The van der Waals surface area contributed by atoms with Crippen LogP contribution < -0.4 is 9.62 Å². The quantitative estimate of drug-likeness (QED) is 0.843. The Morgan fingerprint density at radius 3 is 3.00 bits per heavy atom. The molecule has 0 radical (unpaired) electrons. The van der Waals surface area contributed by atoms with Gasteiger partial charge in [0.25, 0.3) is 0 Å². The van der Waals surface area contributed by atoms with Crippen LogP contribution in [0.2, 0.25) is 0 Å². The van der Waals surface area contributed by atoms with Crippen molar-refractivity contribution in [3.63, 3.8) is 0 Å². The highest BCUT2D eigenvalue weighted by atomic mass is 32.2. The molecule has 0 fully saturated rings. The summed E-state index contributed by atoms with van der Waals surface area (Å²) in [6.45, 7) is 6.28. The van der Waals surface area contributed by atoms with E-state index >= 15 is 0 Å². The SMILES string of the molecule is C=CCNc1nc(-c2ccc3c(c2)C[C@H](C)N3S(C)(=O)=O)cs1. The second-order valence-corrected chi connectivity index (χ2v) is 8.38. The summed E-state index contributed by atoms with van der Waals surface area (Å²) in [6.07, 6.45) is 3.77. The summed E-state index contributed by atoms with van der Waals surface area (Å²) in [7, 11) is -3.25. The molecule has 122 valence electrons. The number of benzene rings is 1. The van der Waals surface area contributed by atoms with Gasteiger partial charge in [0.05, 0.1) is 17.6 Å². The van der Waals surface area contributed by atoms with Crippen molar-refractivity contribution in [1.82, 2.24) is 4.98 Å². The lowest BCUT2D eigenvalue weighted by molar-refractivity contribution is 0.590. The molecule has 5 nitrogen and oxygen atoms in total. The lowest BCUT2D eigenvalue weighted by Gasteiger charge is -2.21. The fourth-order valence-corrected chi connectivity index (χ4v) is 4.91. The van der Waals surface area contributed by atoms with Gasteiger partial charge in [-0.25, -0.2) is 13.4 Å². The van der Waals surface area contributed by atoms with E-state index in [-0.39, 0.29) is 6.04 Å². The summed E-state index contributed by atoms with van der Waals surface area (Å²) >= 11 is 1.55. The zero-order valence-corrected chi connectivity index (χ0v) is 14.7. The molecule has 2 aromatic rings. The number of hydrogen-bond acceptors (Lipinski definition) is 5. The van der Waals surface area contributed by atoms with Gasteiger partial charge in [-0.05, 0) is 31.0 Å². The van der Waals surface area contributed by atoms with Crippen molar-refractivity contribution in [3.05, 3.63) is 41.8 Å². The number of aromatic nitrogens is 1. The largest absolute Gasteiger partial charge is 0.358 e. The molecule has 1 aliphatic rings. The van der Waals surface area contributed by atoms with Crippen LogP contribution in [0.3, 0.4) is 0 Å². The minimum atomic E-state index is -3.25. The average Bonchev–Trinajstić information content (AvgIpc) is 3.06. The van der Waals surface area contributed by atoms with Crippen LogP contribution in [0.5, 0.6) is 0 Å². The number of thiazole rings is 1. The third kappa shape index (κ3) is 3.11. The number of anilines is 2. The Hall–Kier alpha value is -1.86. The molecular formula is C16H19N3O2S2. The number of nitrogens with zero attached hydrogens (tertiary/aromatic N) is 2. The number of rotatable bonds is 5. The van der Waals surface area contributed by atoms with Crippen molar-refractivity contribution in [2.75, 3.05) is 22.4 Å². The van der Waals surface area contributed by atoms with Crippen molar-refractivity contribution in [1.29, 1.82) is 0 Å². The van der Waals surface area contributed by atoms with E-state index < -0.39 is 10.0 Å².